The van der Waals surface area contributed by atoms with E-state index < -0.39 is 0 Å². The van der Waals surface area contributed by atoms with Crippen molar-refractivity contribution in [3.05, 3.63) is 66.4 Å². The van der Waals surface area contributed by atoms with Crippen LogP contribution in [-0.2, 0) is 0 Å². The summed E-state index contributed by atoms with van der Waals surface area (Å²) in [5, 5.41) is 1.13. The number of piperazine rings is 1. The van der Waals surface area contributed by atoms with Crippen LogP contribution in [0.5, 0.6) is 0 Å². The summed E-state index contributed by atoms with van der Waals surface area (Å²) in [4.78, 5) is 14.8. The number of hydrogen-bond donors (Lipinski definition) is 0. The molecule has 1 aliphatic rings. The summed E-state index contributed by atoms with van der Waals surface area (Å²) in [6.07, 6.45) is 2.29. The molecule has 4 heteroatoms. The van der Waals surface area contributed by atoms with Gasteiger partial charge in [0.25, 0.3) is 0 Å². The van der Waals surface area contributed by atoms with Gasteiger partial charge in [-0.25, -0.2) is 9.97 Å². The van der Waals surface area contributed by atoms with Gasteiger partial charge >= 0.3 is 0 Å². The van der Waals surface area contributed by atoms with E-state index in [1.807, 2.05) is 18.2 Å². The molecule has 2 aromatic carbocycles. The van der Waals surface area contributed by atoms with Crippen LogP contribution in [0.4, 0.5) is 5.82 Å². The van der Waals surface area contributed by atoms with Crippen molar-refractivity contribution in [2.75, 3.05) is 31.1 Å². The molecule has 3 aromatic rings. The first-order valence-corrected chi connectivity index (χ1v) is 11.0. The molecule has 0 radical (unpaired) electrons. The van der Waals surface area contributed by atoms with Gasteiger partial charge in [-0.3, -0.25) is 0 Å². The van der Waals surface area contributed by atoms with Gasteiger partial charge in [0, 0.05) is 42.8 Å². The third kappa shape index (κ3) is 4.48. The van der Waals surface area contributed by atoms with E-state index in [0.717, 1.165) is 66.6 Å². The van der Waals surface area contributed by atoms with Crippen molar-refractivity contribution in [2.24, 2.45) is 5.92 Å². The summed E-state index contributed by atoms with van der Waals surface area (Å²) in [6.45, 7) is 14.9. The summed E-state index contributed by atoms with van der Waals surface area (Å²) >= 11 is 0. The maximum absolute atomic E-state index is 5.03. The lowest BCUT2D eigenvalue weighted by atomic mass is 10.1. The van der Waals surface area contributed by atoms with E-state index in [-0.39, 0.29) is 0 Å². The highest BCUT2D eigenvalue weighted by Crippen LogP contribution is 2.29. The van der Waals surface area contributed by atoms with Crippen molar-refractivity contribution >= 4 is 16.7 Å². The fourth-order valence-electron chi connectivity index (χ4n) is 4.03. The molecule has 0 unspecified atom stereocenters. The van der Waals surface area contributed by atoms with E-state index >= 15 is 0 Å². The molecule has 0 N–H and O–H groups in total. The van der Waals surface area contributed by atoms with Crippen LogP contribution in [0, 0.1) is 12.8 Å². The van der Waals surface area contributed by atoms with Crippen LogP contribution in [0.1, 0.15) is 32.3 Å². The summed E-state index contributed by atoms with van der Waals surface area (Å²) < 4.78 is 0. The number of hydrogen-bond acceptors (Lipinski definition) is 4. The lowest BCUT2D eigenvalue weighted by Gasteiger charge is -2.38. The number of allylic oxidation sites excluding steroid dienone is 1. The van der Waals surface area contributed by atoms with Gasteiger partial charge in [-0.1, -0.05) is 56.8 Å². The highest BCUT2D eigenvalue weighted by molar-refractivity contribution is 5.91. The second-order valence-corrected chi connectivity index (χ2v) is 8.73. The zero-order chi connectivity index (χ0) is 21.1. The van der Waals surface area contributed by atoms with Gasteiger partial charge in [-0.15, -0.1) is 0 Å². The minimum absolute atomic E-state index is 0.718. The Labute approximate surface area is 180 Å². The number of aromatic nitrogens is 2. The smallest absolute Gasteiger partial charge is 0.162 e. The Bertz CT molecular complexity index is 1020. The summed E-state index contributed by atoms with van der Waals surface area (Å²) in [5.41, 5.74) is 4.57. The number of benzene rings is 2. The molecule has 1 aliphatic heterocycles. The number of aryl methyl sites for hydroxylation is 1. The van der Waals surface area contributed by atoms with Crippen LogP contribution in [0.2, 0.25) is 0 Å². The van der Waals surface area contributed by atoms with Gasteiger partial charge in [0.15, 0.2) is 5.82 Å². The Hall–Kier alpha value is -2.88. The van der Waals surface area contributed by atoms with Gasteiger partial charge in [0.2, 0.25) is 0 Å². The molecular weight excluding hydrogens is 368 g/mol. The minimum atomic E-state index is 0.718. The van der Waals surface area contributed by atoms with Gasteiger partial charge in [0.1, 0.15) is 5.82 Å². The fraction of sp³-hybridized carbons (Fsp3) is 0.385. The van der Waals surface area contributed by atoms with Gasteiger partial charge in [0.05, 0.1) is 5.52 Å². The molecule has 0 spiro atoms. The number of rotatable bonds is 6. The molecule has 4 nitrogen and oxygen atoms in total. The summed E-state index contributed by atoms with van der Waals surface area (Å²) in [5.74, 6) is 2.56. The molecule has 1 aromatic heterocycles. The molecule has 156 valence electrons. The predicted molar refractivity (Wildman–Crippen MR) is 127 cm³/mol. The van der Waals surface area contributed by atoms with Gasteiger partial charge in [-0.05, 0) is 43.4 Å². The zero-order valence-corrected chi connectivity index (χ0v) is 18.4. The molecular formula is C26H32N4. The predicted octanol–water partition coefficient (Wildman–Crippen LogP) is 5.68. The minimum Gasteiger partial charge on any atom is -0.372 e. The Morgan fingerprint density at radius 2 is 1.73 bits per heavy atom. The second-order valence-electron chi connectivity index (χ2n) is 8.73. The highest BCUT2D eigenvalue weighted by atomic mass is 15.3. The second kappa shape index (κ2) is 8.86. The fourth-order valence-corrected chi connectivity index (χ4v) is 4.03. The van der Waals surface area contributed by atoms with Crippen LogP contribution in [0.3, 0.4) is 0 Å². The van der Waals surface area contributed by atoms with Gasteiger partial charge in [-0.2, -0.15) is 0 Å². The SMILES string of the molecule is C=C(CCC(C)C)N1CCN(c2nc(-c3ccccc3)nc3cc(C)ccc23)CC1. The van der Waals surface area contributed by atoms with Crippen molar-refractivity contribution in [1.82, 2.24) is 14.9 Å². The molecule has 1 saturated heterocycles. The Kier molecular flexibility index (Phi) is 6.03. The molecule has 1 fully saturated rings. The first-order chi connectivity index (χ1) is 14.5. The summed E-state index contributed by atoms with van der Waals surface area (Å²) in [6, 6.07) is 16.8. The molecule has 0 amide bonds. The normalized spacial score (nSPS) is 14.5. The first-order valence-electron chi connectivity index (χ1n) is 11.0. The number of fused-ring (bicyclic) bond motifs is 1. The molecule has 0 aliphatic carbocycles. The molecule has 4 rings (SSSR count). The highest BCUT2D eigenvalue weighted by Gasteiger charge is 2.22. The van der Waals surface area contributed by atoms with Crippen molar-refractivity contribution in [2.45, 2.75) is 33.6 Å². The van der Waals surface area contributed by atoms with E-state index in [0.29, 0.717) is 0 Å². The number of nitrogens with zero attached hydrogens (tertiary/aromatic N) is 4. The molecule has 0 saturated carbocycles. The van der Waals surface area contributed by atoms with Crippen LogP contribution < -0.4 is 4.90 Å². The van der Waals surface area contributed by atoms with E-state index in [4.69, 9.17) is 9.97 Å². The van der Waals surface area contributed by atoms with E-state index in [9.17, 15) is 0 Å². The van der Waals surface area contributed by atoms with Crippen molar-refractivity contribution in [1.29, 1.82) is 0 Å². The lowest BCUT2D eigenvalue weighted by molar-refractivity contribution is 0.306. The van der Waals surface area contributed by atoms with E-state index in [2.05, 4.69) is 67.5 Å². The summed E-state index contributed by atoms with van der Waals surface area (Å²) in [7, 11) is 0. The third-order valence-electron chi connectivity index (χ3n) is 5.90. The topological polar surface area (TPSA) is 32.3 Å². The standard InChI is InChI=1S/C26H32N4/c1-19(2)10-12-21(4)29-14-16-30(17-15-29)26-23-13-11-20(3)18-24(23)27-25(28-26)22-8-6-5-7-9-22/h5-9,11,13,18-19H,4,10,12,14-17H2,1-3H3. The third-order valence-corrected chi connectivity index (χ3v) is 5.90. The first kappa shape index (κ1) is 20.4. The molecule has 0 bridgehead atoms. The maximum Gasteiger partial charge on any atom is 0.162 e. The van der Waals surface area contributed by atoms with Crippen LogP contribution >= 0.6 is 0 Å². The quantitative estimate of drug-likeness (QED) is 0.533. The Morgan fingerprint density at radius 3 is 2.43 bits per heavy atom. The van der Waals surface area contributed by atoms with Crippen LogP contribution in [0.25, 0.3) is 22.3 Å². The molecule has 30 heavy (non-hydrogen) atoms. The monoisotopic (exact) mass is 400 g/mol. The largest absolute Gasteiger partial charge is 0.372 e. The van der Waals surface area contributed by atoms with Gasteiger partial charge < -0.3 is 9.80 Å². The van der Waals surface area contributed by atoms with Crippen LogP contribution in [-0.4, -0.2) is 41.0 Å². The maximum atomic E-state index is 5.03. The van der Waals surface area contributed by atoms with Crippen LogP contribution in [0.15, 0.2) is 60.8 Å². The van der Waals surface area contributed by atoms with Crippen molar-refractivity contribution in [3.63, 3.8) is 0 Å². The van der Waals surface area contributed by atoms with Crippen molar-refractivity contribution < 1.29 is 0 Å². The average Bonchev–Trinajstić information content (AvgIpc) is 2.77. The Morgan fingerprint density at radius 1 is 1.00 bits per heavy atom. The average molecular weight is 401 g/mol. The molecule has 2 heterocycles. The molecule has 0 atom stereocenters. The Balaban J connectivity index is 1.60. The number of anilines is 1. The van der Waals surface area contributed by atoms with E-state index in [1.165, 1.54) is 17.7 Å². The van der Waals surface area contributed by atoms with E-state index in [1.54, 1.807) is 0 Å². The van der Waals surface area contributed by atoms with Crippen molar-refractivity contribution in [3.8, 4) is 11.4 Å². The lowest BCUT2D eigenvalue weighted by Crippen LogP contribution is -2.46. The zero-order valence-electron chi connectivity index (χ0n) is 18.4.